The van der Waals surface area contributed by atoms with Crippen LogP contribution in [0.15, 0.2) is 22.7 Å². The molecule has 0 aromatic heterocycles. The molecule has 2 atom stereocenters. The molecule has 4 heteroatoms. The van der Waals surface area contributed by atoms with Crippen molar-refractivity contribution in [3.63, 3.8) is 0 Å². The van der Waals surface area contributed by atoms with E-state index in [2.05, 4.69) is 15.9 Å². The van der Waals surface area contributed by atoms with Gasteiger partial charge in [0.15, 0.2) is 0 Å². The van der Waals surface area contributed by atoms with E-state index in [4.69, 9.17) is 4.74 Å². The normalized spacial score (nSPS) is 28.6. The lowest BCUT2D eigenvalue weighted by molar-refractivity contribution is 0.0267. The molecule has 0 radical (unpaired) electrons. The number of aliphatic hydroxyl groups is 1. The van der Waals surface area contributed by atoms with Crippen molar-refractivity contribution in [1.29, 1.82) is 0 Å². The number of aliphatic hydroxyl groups excluding tert-OH is 1. The molecule has 2 unspecified atom stereocenters. The Kier molecular flexibility index (Phi) is 3.85. The molecule has 0 saturated carbocycles. The molecule has 1 N–H and O–H groups in total. The molecule has 0 spiro atoms. The molecule has 1 fully saturated rings. The second-order valence-electron chi connectivity index (χ2n) is 4.70. The average molecular weight is 303 g/mol. The van der Waals surface area contributed by atoms with Gasteiger partial charge in [-0.05, 0) is 43.5 Å². The Hall–Kier alpha value is -0.450. The molecule has 0 amide bonds. The van der Waals surface area contributed by atoms with Crippen LogP contribution in [0, 0.1) is 11.2 Å². The first-order valence-electron chi connectivity index (χ1n) is 5.74. The Morgan fingerprint density at radius 1 is 1.59 bits per heavy atom. The Bertz CT molecular complexity index is 410. The van der Waals surface area contributed by atoms with Gasteiger partial charge in [0.25, 0.3) is 0 Å². The van der Waals surface area contributed by atoms with Crippen LogP contribution in [0.2, 0.25) is 0 Å². The second kappa shape index (κ2) is 5.04. The van der Waals surface area contributed by atoms with E-state index in [9.17, 15) is 9.50 Å². The molecule has 1 saturated heterocycles. The van der Waals surface area contributed by atoms with E-state index in [1.807, 2.05) is 6.92 Å². The van der Waals surface area contributed by atoms with Crippen molar-refractivity contribution >= 4 is 15.9 Å². The lowest BCUT2D eigenvalue weighted by Crippen LogP contribution is -2.35. The topological polar surface area (TPSA) is 29.5 Å². The lowest BCUT2D eigenvalue weighted by atomic mass is 9.77. The molecule has 1 aliphatic heterocycles. The van der Waals surface area contributed by atoms with E-state index < -0.39 is 0 Å². The quantitative estimate of drug-likeness (QED) is 0.930. The fourth-order valence-electron chi connectivity index (χ4n) is 2.37. The lowest BCUT2D eigenvalue weighted by Gasteiger charge is -2.30. The molecule has 1 aromatic rings. The average Bonchev–Trinajstić information content (AvgIpc) is 2.66. The first-order chi connectivity index (χ1) is 8.07. The third kappa shape index (κ3) is 2.54. The van der Waals surface area contributed by atoms with Gasteiger partial charge in [-0.2, -0.15) is 0 Å². The van der Waals surface area contributed by atoms with Gasteiger partial charge in [-0.15, -0.1) is 0 Å². The van der Waals surface area contributed by atoms with Crippen LogP contribution in [0.4, 0.5) is 4.39 Å². The van der Waals surface area contributed by atoms with Gasteiger partial charge in [0.2, 0.25) is 0 Å². The maximum absolute atomic E-state index is 13.7. The Morgan fingerprint density at radius 2 is 2.35 bits per heavy atom. The smallest absolute Gasteiger partial charge is 0.126 e. The van der Waals surface area contributed by atoms with Crippen molar-refractivity contribution in [3.8, 4) is 0 Å². The highest BCUT2D eigenvalue weighted by Gasteiger charge is 2.41. The number of ether oxygens (including phenoxy) is 1. The summed E-state index contributed by atoms with van der Waals surface area (Å²) in [6.45, 7) is 2.61. The van der Waals surface area contributed by atoms with Crippen LogP contribution in [0.5, 0.6) is 0 Å². The van der Waals surface area contributed by atoms with Gasteiger partial charge in [0.1, 0.15) is 5.82 Å². The highest BCUT2D eigenvalue weighted by atomic mass is 79.9. The highest BCUT2D eigenvalue weighted by molar-refractivity contribution is 9.10. The second-order valence-corrected chi connectivity index (χ2v) is 5.61. The summed E-state index contributed by atoms with van der Waals surface area (Å²) in [6.07, 6.45) is 1.25. The van der Waals surface area contributed by atoms with Crippen LogP contribution in [0.25, 0.3) is 0 Å². The minimum atomic E-state index is -0.346. The number of benzene rings is 1. The summed E-state index contributed by atoms with van der Waals surface area (Å²) >= 11 is 3.34. The van der Waals surface area contributed by atoms with E-state index in [0.29, 0.717) is 18.6 Å². The van der Waals surface area contributed by atoms with E-state index in [1.165, 1.54) is 6.07 Å². The first kappa shape index (κ1) is 13.0. The van der Waals surface area contributed by atoms with Crippen LogP contribution < -0.4 is 0 Å². The summed E-state index contributed by atoms with van der Waals surface area (Å²) < 4.78 is 20.1. The SMILES string of the molecule is CC1OCCC1(CO)Cc1cc(Br)ccc1F. The molecule has 0 bridgehead atoms. The van der Waals surface area contributed by atoms with Crippen LogP contribution in [-0.2, 0) is 11.2 Å². The third-order valence-electron chi connectivity index (χ3n) is 3.70. The Balaban J connectivity index is 2.27. The maximum atomic E-state index is 13.7. The molecule has 94 valence electrons. The number of hydrogen-bond acceptors (Lipinski definition) is 2. The van der Waals surface area contributed by atoms with Crippen LogP contribution in [0.3, 0.4) is 0 Å². The van der Waals surface area contributed by atoms with Crippen LogP contribution in [-0.4, -0.2) is 24.4 Å². The predicted octanol–water partition coefficient (Wildman–Crippen LogP) is 2.92. The number of rotatable bonds is 3. The largest absolute Gasteiger partial charge is 0.396 e. The van der Waals surface area contributed by atoms with E-state index >= 15 is 0 Å². The van der Waals surface area contributed by atoms with Gasteiger partial charge >= 0.3 is 0 Å². The maximum Gasteiger partial charge on any atom is 0.126 e. The molecule has 17 heavy (non-hydrogen) atoms. The van der Waals surface area contributed by atoms with Gasteiger partial charge in [-0.1, -0.05) is 15.9 Å². The molecule has 1 aliphatic rings. The van der Waals surface area contributed by atoms with Crippen molar-refractivity contribution in [2.24, 2.45) is 5.41 Å². The monoisotopic (exact) mass is 302 g/mol. The minimum Gasteiger partial charge on any atom is -0.396 e. The molecule has 0 aliphatic carbocycles. The zero-order valence-electron chi connectivity index (χ0n) is 9.75. The summed E-state index contributed by atoms with van der Waals surface area (Å²) in [5, 5.41) is 9.59. The zero-order chi connectivity index (χ0) is 12.5. The van der Waals surface area contributed by atoms with Crippen LogP contribution >= 0.6 is 15.9 Å². The van der Waals surface area contributed by atoms with E-state index in [1.54, 1.807) is 12.1 Å². The van der Waals surface area contributed by atoms with Crippen molar-refractivity contribution in [1.82, 2.24) is 0 Å². The standard InChI is InChI=1S/C13H16BrFO2/c1-9-13(8-16,4-5-17-9)7-10-6-11(14)2-3-12(10)15/h2-3,6,9,16H,4-5,7-8H2,1H3. The van der Waals surface area contributed by atoms with Crippen molar-refractivity contribution < 1.29 is 14.2 Å². The highest BCUT2D eigenvalue weighted by Crippen LogP contribution is 2.38. The van der Waals surface area contributed by atoms with Gasteiger partial charge < -0.3 is 9.84 Å². The van der Waals surface area contributed by atoms with Crippen molar-refractivity contribution in [2.45, 2.75) is 25.9 Å². The number of halogens is 2. The van der Waals surface area contributed by atoms with Crippen molar-refractivity contribution in [3.05, 3.63) is 34.1 Å². The van der Waals surface area contributed by atoms with E-state index in [0.717, 1.165) is 10.9 Å². The fourth-order valence-corrected chi connectivity index (χ4v) is 2.78. The van der Waals surface area contributed by atoms with Crippen molar-refractivity contribution in [2.75, 3.05) is 13.2 Å². The molecule has 1 aromatic carbocycles. The minimum absolute atomic E-state index is 0.0279. The summed E-state index contributed by atoms with van der Waals surface area (Å²) in [6, 6.07) is 4.90. The first-order valence-corrected chi connectivity index (χ1v) is 6.53. The third-order valence-corrected chi connectivity index (χ3v) is 4.19. The molecule has 2 rings (SSSR count). The molecule has 2 nitrogen and oxygen atoms in total. The number of hydrogen-bond donors (Lipinski definition) is 1. The van der Waals surface area contributed by atoms with E-state index in [-0.39, 0.29) is 23.9 Å². The Morgan fingerprint density at radius 3 is 2.94 bits per heavy atom. The predicted molar refractivity (Wildman–Crippen MR) is 67.4 cm³/mol. The summed E-state index contributed by atoms with van der Waals surface area (Å²) in [4.78, 5) is 0. The van der Waals surface area contributed by atoms with Crippen LogP contribution in [0.1, 0.15) is 18.9 Å². The van der Waals surface area contributed by atoms with Gasteiger partial charge in [-0.3, -0.25) is 0 Å². The summed E-state index contributed by atoms with van der Waals surface area (Å²) in [7, 11) is 0. The molecule has 1 heterocycles. The summed E-state index contributed by atoms with van der Waals surface area (Å²) in [5.74, 6) is -0.222. The zero-order valence-corrected chi connectivity index (χ0v) is 11.3. The fraction of sp³-hybridized carbons (Fsp3) is 0.538. The van der Waals surface area contributed by atoms with Gasteiger partial charge in [-0.25, -0.2) is 4.39 Å². The van der Waals surface area contributed by atoms with Gasteiger partial charge in [0.05, 0.1) is 12.7 Å². The summed E-state index contributed by atoms with van der Waals surface area (Å²) in [5.41, 5.74) is 0.285. The Labute approximate surface area is 109 Å². The van der Waals surface area contributed by atoms with Gasteiger partial charge in [0, 0.05) is 16.5 Å². The molecular weight excluding hydrogens is 287 g/mol. The molecular formula is C13H16BrFO2.